The number of halogens is 2. The maximum atomic E-state index is 13.8. The summed E-state index contributed by atoms with van der Waals surface area (Å²) in [5.74, 6) is -0.217. The predicted molar refractivity (Wildman–Crippen MR) is 88.8 cm³/mol. The van der Waals surface area contributed by atoms with Crippen molar-refractivity contribution >= 4 is 15.9 Å². The third-order valence-corrected chi connectivity index (χ3v) is 5.01. The first kappa shape index (κ1) is 16.9. The Morgan fingerprint density at radius 3 is 2.81 bits per heavy atom. The molecule has 1 aromatic carbocycles. The Morgan fingerprint density at radius 2 is 2.19 bits per heavy atom. The number of rotatable bonds is 4. The van der Waals surface area contributed by atoms with E-state index in [9.17, 15) is 4.39 Å². The predicted octanol–water partition coefficient (Wildman–Crippen LogP) is 3.00. The van der Waals surface area contributed by atoms with E-state index in [-0.39, 0.29) is 11.9 Å². The third kappa shape index (κ3) is 4.03. The van der Waals surface area contributed by atoms with Gasteiger partial charge >= 0.3 is 0 Å². The monoisotopic (exact) mass is 357 g/mol. The molecule has 0 aliphatic carbocycles. The van der Waals surface area contributed by atoms with Crippen molar-refractivity contribution in [3.8, 4) is 0 Å². The summed E-state index contributed by atoms with van der Waals surface area (Å²) in [6, 6.07) is 5.93. The van der Waals surface area contributed by atoms with Gasteiger partial charge in [-0.05, 0) is 60.1 Å². The second-order valence-electron chi connectivity index (χ2n) is 5.84. The summed E-state index contributed by atoms with van der Waals surface area (Å²) in [5.41, 5.74) is 7.01. The molecule has 1 heterocycles. The van der Waals surface area contributed by atoms with Gasteiger partial charge in [-0.1, -0.05) is 13.0 Å². The molecule has 0 aromatic heterocycles. The van der Waals surface area contributed by atoms with Gasteiger partial charge in [-0.3, -0.25) is 4.90 Å². The molecule has 2 atom stereocenters. The molecule has 1 aliphatic rings. The van der Waals surface area contributed by atoms with E-state index in [2.05, 4.69) is 39.7 Å². The zero-order chi connectivity index (χ0) is 15.4. The Balaban J connectivity index is 2.27. The molecule has 21 heavy (non-hydrogen) atoms. The van der Waals surface area contributed by atoms with E-state index in [4.69, 9.17) is 5.73 Å². The Labute approximate surface area is 135 Å². The smallest absolute Gasteiger partial charge is 0.137 e. The third-order valence-electron chi connectivity index (χ3n) is 4.37. The summed E-state index contributed by atoms with van der Waals surface area (Å²) in [6.45, 7) is 5.90. The molecule has 2 unspecified atom stereocenters. The van der Waals surface area contributed by atoms with E-state index in [0.717, 1.165) is 38.0 Å². The van der Waals surface area contributed by atoms with Gasteiger partial charge in [0.05, 0.1) is 4.47 Å². The van der Waals surface area contributed by atoms with Crippen molar-refractivity contribution in [3.63, 3.8) is 0 Å². The minimum atomic E-state index is -0.217. The van der Waals surface area contributed by atoms with E-state index in [1.165, 1.54) is 0 Å². The molecular weight excluding hydrogens is 333 g/mol. The van der Waals surface area contributed by atoms with E-state index in [1.807, 2.05) is 6.07 Å². The summed E-state index contributed by atoms with van der Waals surface area (Å²) in [6.07, 6.45) is 2.21. The first-order valence-corrected chi connectivity index (χ1v) is 8.45. The van der Waals surface area contributed by atoms with Crippen molar-refractivity contribution in [3.05, 3.63) is 34.1 Å². The lowest BCUT2D eigenvalue weighted by atomic mass is 10.0. The quantitative estimate of drug-likeness (QED) is 0.898. The lowest BCUT2D eigenvalue weighted by Gasteiger charge is -2.37. The second-order valence-corrected chi connectivity index (χ2v) is 6.70. The average Bonchev–Trinajstić information content (AvgIpc) is 2.65. The van der Waals surface area contributed by atoms with Gasteiger partial charge in [0.25, 0.3) is 0 Å². The van der Waals surface area contributed by atoms with Crippen molar-refractivity contribution in [2.24, 2.45) is 5.73 Å². The Bertz CT molecular complexity index is 469. The molecule has 1 fully saturated rings. The molecule has 118 valence electrons. The van der Waals surface area contributed by atoms with E-state index in [1.54, 1.807) is 12.1 Å². The molecule has 0 saturated carbocycles. The number of nitrogens with zero attached hydrogens (tertiary/aromatic N) is 2. The number of benzene rings is 1. The van der Waals surface area contributed by atoms with Gasteiger partial charge in [0.1, 0.15) is 5.82 Å². The average molecular weight is 358 g/mol. The molecule has 1 aliphatic heterocycles. The molecule has 0 amide bonds. The summed E-state index contributed by atoms with van der Waals surface area (Å²) in [7, 11) is 2.17. The summed E-state index contributed by atoms with van der Waals surface area (Å²) in [4.78, 5) is 4.84. The molecule has 0 bridgehead atoms. The highest BCUT2D eigenvalue weighted by molar-refractivity contribution is 9.10. The fraction of sp³-hybridized carbons (Fsp3) is 0.625. The van der Waals surface area contributed by atoms with Crippen LogP contribution in [0.3, 0.4) is 0 Å². The number of likely N-dealkylation sites (N-methyl/N-ethyl adjacent to an activating group) is 1. The molecule has 0 radical (unpaired) electrons. The van der Waals surface area contributed by atoms with Gasteiger partial charge in [-0.25, -0.2) is 4.39 Å². The van der Waals surface area contributed by atoms with Crippen molar-refractivity contribution in [1.29, 1.82) is 0 Å². The van der Waals surface area contributed by atoms with Crippen molar-refractivity contribution in [1.82, 2.24) is 9.80 Å². The first-order valence-electron chi connectivity index (χ1n) is 7.66. The van der Waals surface area contributed by atoms with Gasteiger partial charge in [0, 0.05) is 31.7 Å². The van der Waals surface area contributed by atoms with Crippen LogP contribution >= 0.6 is 15.9 Å². The molecule has 1 saturated heterocycles. The SMILES string of the molecule is CCC1CN(C)CCCN1C(CN)c1ccc(Br)c(F)c1. The number of hydrogen-bond donors (Lipinski definition) is 1. The summed E-state index contributed by atoms with van der Waals surface area (Å²) >= 11 is 3.22. The maximum absolute atomic E-state index is 13.8. The van der Waals surface area contributed by atoms with Crippen LogP contribution in [0.4, 0.5) is 4.39 Å². The molecule has 5 heteroatoms. The highest BCUT2D eigenvalue weighted by Crippen LogP contribution is 2.28. The lowest BCUT2D eigenvalue weighted by Crippen LogP contribution is -2.44. The highest BCUT2D eigenvalue weighted by atomic mass is 79.9. The number of hydrogen-bond acceptors (Lipinski definition) is 3. The van der Waals surface area contributed by atoms with Crippen LogP contribution in [0.2, 0.25) is 0 Å². The van der Waals surface area contributed by atoms with Crippen LogP contribution in [0.1, 0.15) is 31.4 Å². The molecular formula is C16H25BrFN3. The van der Waals surface area contributed by atoms with Crippen LogP contribution in [0.5, 0.6) is 0 Å². The number of nitrogens with two attached hydrogens (primary N) is 1. The Kier molecular flexibility index (Phi) is 6.17. The normalized spacial score (nSPS) is 23.0. The first-order chi connectivity index (χ1) is 10.1. The van der Waals surface area contributed by atoms with Crippen molar-refractivity contribution < 1.29 is 4.39 Å². The molecule has 1 aromatic rings. The zero-order valence-electron chi connectivity index (χ0n) is 12.9. The van der Waals surface area contributed by atoms with Crippen LogP contribution in [-0.2, 0) is 0 Å². The van der Waals surface area contributed by atoms with E-state index in [0.29, 0.717) is 17.1 Å². The standard InChI is InChI=1S/C16H25BrFN3/c1-3-13-11-20(2)7-4-8-21(13)16(10-19)12-5-6-14(17)15(18)9-12/h5-6,9,13,16H,3-4,7-8,10-11,19H2,1-2H3. The van der Waals surface area contributed by atoms with Crippen LogP contribution in [0, 0.1) is 5.82 Å². The minimum Gasteiger partial charge on any atom is -0.329 e. The maximum Gasteiger partial charge on any atom is 0.137 e. The summed E-state index contributed by atoms with van der Waals surface area (Å²) in [5, 5.41) is 0. The van der Waals surface area contributed by atoms with Gasteiger partial charge in [0.2, 0.25) is 0 Å². The van der Waals surface area contributed by atoms with Gasteiger partial charge in [0.15, 0.2) is 0 Å². The van der Waals surface area contributed by atoms with Crippen LogP contribution in [0.25, 0.3) is 0 Å². The Morgan fingerprint density at radius 1 is 1.43 bits per heavy atom. The van der Waals surface area contributed by atoms with Crippen molar-refractivity contribution in [2.45, 2.75) is 31.8 Å². The largest absolute Gasteiger partial charge is 0.329 e. The van der Waals surface area contributed by atoms with Crippen LogP contribution in [-0.4, -0.2) is 49.1 Å². The topological polar surface area (TPSA) is 32.5 Å². The fourth-order valence-corrected chi connectivity index (χ4v) is 3.46. The van der Waals surface area contributed by atoms with Crippen LogP contribution in [0.15, 0.2) is 22.7 Å². The van der Waals surface area contributed by atoms with E-state index >= 15 is 0 Å². The second kappa shape index (κ2) is 7.68. The van der Waals surface area contributed by atoms with Gasteiger partial charge in [-0.2, -0.15) is 0 Å². The van der Waals surface area contributed by atoms with Gasteiger partial charge < -0.3 is 10.6 Å². The highest BCUT2D eigenvalue weighted by Gasteiger charge is 2.28. The Hall–Kier alpha value is -0.490. The van der Waals surface area contributed by atoms with E-state index < -0.39 is 0 Å². The molecule has 3 nitrogen and oxygen atoms in total. The lowest BCUT2D eigenvalue weighted by molar-refractivity contribution is 0.131. The molecule has 0 spiro atoms. The zero-order valence-corrected chi connectivity index (χ0v) is 14.4. The summed E-state index contributed by atoms with van der Waals surface area (Å²) < 4.78 is 14.4. The minimum absolute atomic E-state index is 0.0871. The molecule has 2 rings (SSSR count). The molecule has 2 N–H and O–H groups in total. The fourth-order valence-electron chi connectivity index (χ4n) is 3.22. The van der Waals surface area contributed by atoms with Gasteiger partial charge in [-0.15, -0.1) is 0 Å². The van der Waals surface area contributed by atoms with Crippen LogP contribution < -0.4 is 5.73 Å². The van der Waals surface area contributed by atoms with Crippen molar-refractivity contribution in [2.75, 3.05) is 33.2 Å².